The molecule has 4 rings (SSSR count). The topological polar surface area (TPSA) is 26.5 Å². The Bertz CT molecular complexity index is 800. The first kappa shape index (κ1) is 15.7. The molecule has 4 heteroatoms. The highest BCUT2D eigenvalue weighted by molar-refractivity contribution is 6.30. The largest absolute Gasteiger partial charge is 0.346 e. The summed E-state index contributed by atoms with van der Waals surface area (Å²) in [6, 6.07) is 16.1. The van der Waals surface area contributed by atoms with Gasteiger partial charge in [0.15, 0.2) is 6.54 Å². The molecular formula is C20H22ClN2O+. The molecule has 0 saturated heterocycles. The van der Waals surface area contributed by atoms with Crippen molar-refractivity contribution in [2.24, 2.45) is 0 Å². The number of aryl methyl sites for hydroxylation is 1. The summed E-state index contributed by atoms with van der Waals surface area (Å²) >= 11 is 6.03. The molecule has 0 unspecified atom stereocenters. The van der Waals surface area contributed by atoms with Gasteiger partial charge in [-0.25, -0.2) is 9.48 Å². The molecule has 1 atom stereocenters. The van der Waals surface area contributed by atoms with Crippen LogP contribution in [0.4, 0.5) is 5.69 Å². The number of nitrogens with zero attached hydrogens (tertiary/aromatic N) is 2. The first-order valence-electron chi connectivity index (χ1n) is 8.54. The second-order valence-electron chi connectivity index (χ2n) is 6.77. The van der Waals surface area contributed by atoms with Gasteiger partial charge < -0.3 is 5.11 Å². The lowest BCUT2D eigenvalue weighted by Gasteiger charge is -2.24. The number of rotatable bonds is 2. The highest BCUT2D eigenvalue weighted by Gasteiger charge is 2.52. The van der Waals surface area contributed by atoms with Gasteiger partial charge in [0.1, 0.15) is 5.69 Å². The van der Waals surface area contributed by atoms with E-state index in [0.717, 1.165) is 30.6 Å². The SMILES string of the molecule is Cc1cccc(N2C[C@](O)(c3ccc(Cl)cc3)[N+]3=C2CCCC3)c1. The zero-order valence-electron chi connectivity index (χ0n) is 13.9. The molecule has 0 bridgehead atoms. The van der Waals surface area contributed by atoms with Gasteiger partial charge in [-0.2, -0.15) is 0 Å². The van der Waals surface area contributed by atoms with Crippen LogP contribution in [-0.2, 0) is 5.72 Å². The highest BCUT2D eigenvalue weighted by atomic mass is 35.5. The number of hydrogen-bond donors (Lipinski definition) is 1. The second-order valence-corrected chi connectivity index (χ2v) is 7.21. The molecule has 0 spiro atoms. The van der Waals surface area contributed by atoms with Gasteiger partial charge in [0.05, 0.1) is 6.54 Å². The number of benzene rings is 2. The summed E-state index contributed by atoms with van der Waals surface area (Å²) < 4.78 is 2.18. The van der Waals surface area contributed by atoms with Crippen molar-refractivity contribution < 1.29 is 9.68 Å². The van der Waals surface area contributed by atoms with E-state index in [1.165, 1.54) is 17.8 Å². The average Bonchev–Trinajstić information content (AvgIpc) is 2.90. The van der Waals surface area contributed by atoms with Crippen molar-refractivity contribution in [1.82, 2.24) is 0 Å². The normalized spacial score (nSPS) is 23.5. The number of halogens is 1. The lowest BCUT2D eigenvalue weighted by atomic mass is 10.0. The zero-order chi connectivity index (χ0) is 16.7. The van der Waals surface area contributed by atoms with Crippen molar-refractivity contribution in [3.05, 3.63) is 64.7 Å². The van der Waals surface area contributed by atoms with Crippen molar-refractivity contribution >= 4 is 23.1 Å². The van der Waals surface area contributed by atoms with Crippen LogP contribution in [0.25, 0.3) is 0 Å². The molecule has 0 fully saturated rings. The van der Waals surface area contributed by atoms with Gasteiger partial charge in [-0.1, -0.05) is 35.9 Å². The van der Waals surface area contributed by atoms with Crippen LogP contribution in [0.2, 0.25) is 5.02 Å². The van der Waals surface area contributed by atoms with Gasteiger partial charge in [-0.15, -0.1) is 0 Å². The van der Waals surface area contributed by atoms with E-state index in [2.05, 4.69) is 40.7 Å². The van der Waals surface area contributed by atoms with E-state index < -0.39 is 5.72 Å². The molecule has 2 aliphatic rings. The molecule has 0 saturated carbocycles. The van der Waals surface area contributed by atoms with Gasteiger partial charge in [0.25, 0.3) is 11.6 Å². The number of anilines is 1. The van der Waals surface area contributed by atoms with Gasteiger partial charge in [0.2, 0.25) is 0 Å². The van der Waals surface area contributed by atoms with Crippen LogP contribution < -0.4 is 4.90 Å². The minimum atomic E-state index is -0.996. The average molecular weight is 342 g/mol. The Morgan fingerprint density at radius 3 is 2.67 bits per heavy atom. The fourth-order valence-corrected chi connectivity index (χ4v) is 4.02. The van der Waals surface area contributed by atoms with E-state index in [9.17, 15) is 5.11 Å². The Hall–Kier alpha value is -1.84. The fraction of sp³-hybridized carbons (Fsp3) is 0.350. The maximum absolute atomic E-state index is 11.6. The molecule has 0 aromatic heterocycles. The third-order valence-corrected chi connectivity index (χ3v) is 5.35. The summed E-state index contributed by atoms with van der Waals surface area (Å²) in [4.78, 5) is 2.28. The lowest BCUT2D eigenvalue weighted by Crippen LogP contribution is -2.41. The van der Waals surface area contributed by atoms with E-state index in [1.807, 2.05) is 24.3 Å². The smallest absolute Gasteiger partial charge is 0.271 e. The molecule has 1 N–H and O–H groups in total. The van der Waals surface area contributed by atoms with Crippen LogP contribution in [0.15, 0.2) is 48.5 Å². The van der Waals surface area contributed by atoms with Crippen LogP contribution in [0.3, 0.4) is 0 Å². The van der Waals surface area contributed by atoms with Gasteiger partial charge in [0, 0.05) is 17.0 Å². The predicted octanol–water partition coefficient (Wildman–Crippen LogP) is 3.91. The Balaban J connectivity index is 1.80. The standard InChI is InChI=1S/C20H22ClN2O/c1-15-5-4-6-18(13-15)22-14-20(24,16-8-10-17(21)11-9-16)23-12-3-2-7-19(22)23/h4-6,8-11,13,24H,2-3,7,12,14H2,1H3/q+1/t20-/m0/s1. The molecular weight excluding hydrogens is 320 g/mol. The molecule has 2 aromatic rings. The van der Waals surface area contributed by atoms with E-state index >= 15 is 0 Å². The summed E-state index contributed by atoms with van der Waals surface area (Å²) in [7, 11) is 0. The summed E-state index contributed by atoms with van der Waals surface area (Å²) in [5.74, 6) is 1.23. The Kier molecular flexibility index (Phi) is 3.86. The van der Waals surface area contributed by atoms with Gasteiger partial charge in [-0.05, 0) is 49.6 Å². The van der Waals surface area contributed by atoms with E-state index in [4.69, 9.17) is 11.6 Å². The second kappa shape index (κ2) is 5.91. The number of aliphatic hydroxyl groups is 1. The maximum Gasteiger partial charge on any atom is 0.271 e. The molecule has 2 aliphatic heterocycles. The molecule has 24 heavy (non-hydrogen) atoms. The summed E-state index contributed by atoms with van der Waals surface area (Å²) in [6.45, 7) is 3.54. The number of β-amino-alcohol motifs (C(OH)–C–C–N with tert-alkyl or cyclic N) is 1. The molecule has 124 valence electrons. The Morgan fingerprint density at radius 2 is 1.92 bits per heavy atom. The molecule has 0 aliphatic carbocycles. The molecule has 2 heterocycles. The minimum absolute atomic E-state index is 0.549. The summed E-state index contributed by atoms with van der Waals surface area (Å²) in [6.07, 6.45) is 3.29. The third kappa shape index (κ3) is 2.52. The van der Waals surface area contributed by atoms with E-state index in [1.54, 1.807) is 0 Å². The van der Waals surface area contributed by atoms with Crippen molar-refractivity contribution in [2.75, 3.05) is 18.0 Å². The van der Waals surface area contributed by atoms with Crippen molar-refractivity contribution in [2.45, 2.75) is 31.9 Å². The van der Waals surface area contributed by atoms with Crippen LogP contribution >= 0.6 is 11.6 Å². The van der Waals surface area contributed by atoms with Gasteiger partial charge in [-0.3, -0.25) is 0 Å². The number of amidine groups is 1. The lowest BCUT2D eigenvalue weighted by molar-refractivity contribution is -0.661. The highest BCUT2D eigenvalue weighted by Crippen LogP contribution is 2.36. The van der Waals surface area contributed by atoms with E-state index in [0.29, 0.717) is 11.6 Å². The van der Waals surface area contributed by atoms with Crippen LogP contribution in [0.5, 0.6) is 0 Å². The van der Waals surface area contributed by atoms with Crippen molar-refractivity contribution in [3.63, 3.8) is 0 Å². The quantitative estimate of drug-likeness (QED) is 0.838. The van der Waals surface area contributed by atoms with Crippen LogP contribution in [0, 0.1) is 6.92 Å². The van der Waals surface area contributed by atoms with Crippen molar-refractivity contribution in [3.8, 4) is 0 Å². The minimum Gasteiger partial charge on any atom is -0.346 e. The molecule has 3 nitrogen and oxygen atoms in total. The molecule has 0 radical (unpaired) electrons. The predicted molar refractivity (Wildman–Crippen MR) is 97.9 cm³/mol. The van der Waals surface area contributed by atoms with E-state index in [-0.39, 0.29) is 0 Å². The van der Waals surface area contributed by atoms with Crippen molar-refractivity contribution in [1.29, 1.82) is 0 Å². The zero-order valence-corrected chi connectivity index (χ0v) is 14.6. The summed E-state index contributed by atoms with van der Waals surface area (Å²) in [5, 5.41) is 12.3. The first-order valence-corrected chi connectivity index (χ1v) is 8.92. The third-order valence-electron chi connectivity index (χ3n) is 5.10. The summed E-state index contributed by atoms with van der Waals surface area (Å²) in [5.41, 5.74) is 2.30. The van der Waals surface area contributed by atoms with Gasteiger partial charge >= 0.3 is 0 Å². The fourth-order valence-electron chi connectivity index (χ4n) is 3.89. The van der Waals surface area contributed by atoms with Crippen LogP contribution in [0.1, 0.15) is 30.4 Å². The first-order chi connectivity index (χ1) is 11.6. The number of hydrogen-bond acceptors (Lipinski definition) is 2. The Morgan fingerprint density at radius 1 is 1.12 bits per heavy atom. The molecule has 0 amide bonds. The Labute approximate surface area is 147 Å². The van der Waals surface area contributed by atoms with Crippen LogP contribution in [-0.4, -0.2) is 28.6 Å². The monoisotopic (exact) mass is 341 g/mol. The maximum atomic E-state index is 11.6. The molecule has 2 aromatic carbocycles.